The summed E-state index contributed by atoms with van der Waals surface area (Å²) in [5, 5.41) is 0. The van der Waals surface area contributed by atoms with E-state index in [1.807, 2.05) is 11.9 Å². The average molecular weight is 240 g/mol. The van der Waals surface area contributed by atoms with E-state index in [4.69, 9.17) is 4.74 Å². The predicted octanol–water partition coefficient (Wildman–Crippen LogP) is 0.966. The summed E-state index contributed by atoms with van der Waals surface area (Å²) in [6.07, 6.45) is 3.28. The molecule has 0 radical (unpaired) electrons. The molecular weight excluding hydrogens is 216 g/mol. The quantitative estimate of drug-likeness (QED) is 0.684. The van der Waals surface area contributed by atoms with Crippen molar-refractivity contribution >= 4 is 5.91 Å². The lowest BCUT2D eigenvalue weighted by Gasteiger charge is -2.32. The van der Waals surface area contributed by atoms with Crippen molar-refractivity contribution in [3.8, 4) is 0 Å². The minimum Gasteiger partial charge on any atom is -0.366 e. The third-order valence-corrected chi connectivity index (χ3v) is 3.87. The fourth-order valence-electron chi connectivity index (χ4n) is 2.61. The van der Waals surface area contributed by atoms with Crippen molar-refractivity contribution in [1.82, 2.24) is 9.80 Å². The Balaban J connectivity index is 1.89. The SMILES string of the molecule is CC1CCCN(C(=O)C2CN(C)CCO2)CC1. The fourth-order valence-corrected chi connectivity index (χ4v) is 2.61. The van der Waals surface area contributed by atoms with Gasteiger partial charge in [0.15, 0.2) is 0 Å². The summed E-state index contributed by atoms with van der Waals surface area (Å²) >= 11 is 0. The molecule has 1 amide bonds. The molecule has 2 atom stereocenters. The number of hydrogen-bond acceptors (Lipinski definition) is 3. The topological polar surface area (TPSA) is 32.8 Å². The molecule has 2 unspecified atom stereocenters. The van der Waals surface area contributed by atoms with Gasteiger partial charge >= 0.3 is 0 Å². The van der Waals surface area contributed by atoms with Gasteiger partial charge in [0.1, 0.15) is 6.10 Å². The third-order valence-electron chi connectivity index (χ3n) is 3.87. The summed E-state index contributed by atoms with van der Waals surface area (Å²) in [6, 6.07) is 0. The lowest BCUT2D eigenvalue weighted by molar-refractivity contribution is -0.148. The highest BCUT2D eigenvalue weighted by Crippen LogP contribution is 2.18. The van der Waals surface area contributed by atoms with Crippen LogP contribution in [0.4, 0.5) is 0 Å². The number of nitrogens with zero attached hydrogens (tertiary/aromatic N) is 2. The Morgan fingerprint density at radius 2 is 2.06 bits per heavy atom. The highest BCUT2D eigenvalue weighted by molar-refractivity contribution is 5.81. The summed E-state index contributed by atoms with van der Waals surface area (Å²) in [6.45, 7) is 6.44. The van der Waals surface area contributed by atoms with Gasteiger partial charge in [0.25, 0.3) is 5.91 Å². The molecule has 2 rings (SSSR count). The maximum atomic E-state index is 12.3. The van der Waals surface area contributed by atoms with E-state index in [0.717, 1.165) is 44.9 Å². The van der Waals surface area contributed by atoms with E-state index in [1.54, 1.807) is 0 Å². The molecule has 0 aromatic heterocycles. The third kappa shape index (κ3) is 3.42. The molecule has 17 heavy (non-hydrogen) atoms. The van der Waals surface area contributed by atoms with Crippen LogP contribution in [-0.2, 0) is 9.53 Å². The Hall–Kier alpha value is -0.610. The monoisotopic (exact) mass is 240 g/mol. The fraction of sp³-hybridized carbons (Fsp3) is 0.923. The van der Waals surface area contributed by atoms with Gasteiger partial charge < -0.3 is 14.5 Å². The molecule has 0 bridgehead atoms. The largest absolute Gasteiger partial charge is 0.366 e. The van der Waals surface area contributed by atoms with Gasteiger partial charge in [-0.3, -0.25) is 4.79 Å². The Morgan fingerprint density at radius 1 is 1.24 bits per heavy atom. The molecule has 2 fully saturated rings. The molecule has 2 heterocycles. The van der Waals surface area contributed by atoms with Crippen LogP contribution in [0.5, 0.6) is 0 Å². The first kappa shape index (κ1) is 12.8. The van der Waals surface area contributed by atoms with Crippen molar-refractivity contribution in [3.05, 3.63) is 0 Å². The minimum absolute atomic E-state index is 0.200. The van der Waals surface area contributed by atoms with Crippen LogP contribution >= 0.6 is 0 Å². The number of ether oxygens (including phenoxy) is 1. The molecule has 2 saturated heterocycles. The number of rotatable bonds is 1. The van der Waals surface area contributed by atoms with E-state index in [0.29, 0.717) is 6.61 Å². The Morgan fingerprint density at radius 3 is 2.82 bits per heavy atom. The Bertz CT molecular complexity index is 270. The molecule has 0 aliphatic carbocycles. The van der Waals surface area contributed by atoms with Crippen LogP contribution in [0.3, 0.4) is 0 Å². The lowest BCUT2D eigenvalue weighted by Crippen LogP contribution is -2.50. The van der Waals surface area contributed by atoms with Gasteiger partial charge in [-0.05, 0) is 32.2 Å². The van der Waals surface area contributed by atoms with Crippen molar-refractivity contribution < 1.29 is 9.53 Å². The number of morpholine rings is 1. The predicted molar refractivity (Wildman–Crippen MR) is 66.8 cm³/mol. The summed E-state index contributed by atoms with van der Waals surface area (Å²) in [5.41, 5.74) is 0. The summed E-state index contributed by atoms with van der Waals surface area (Å²) in [7, 11) is 2.05. The smallest absolute Gasteiger partial charge is 0.253 e. The second-order valence-electron chi connectivity index (χ2n) is 5.48. The van der Waals surface area contributed by atoms with Crippen LogP contribution in [0.2, 0.25) is 0 Å². The number of likely N-dealkylation sites (N-methyl/N-ethyl adjacent to an activating group) is 1. The minimum atomic E-state index is -0.234. The zero-order chi connectivity index (χ0) is 12.3. The van der Waals surface area contributed by atoms with Crippen molar-refractivity contribution in [2.45, 2.75) is 32.3 Å². The average Bonchev–Trinajstić information content (AvgIpc) is 2.53. The van der Waals surface area contributed by atoms with Crippen molar-refractivity contribution in [1.29, 1.82) is 0 Å². The molecule has 0 N–H and O–H groups in total. The Kier molecular flexibility index (Phi) is 4.40. The van der Waals surface area contributed by atoms with Crippen LogP contribution < -0.4 is 0 Å². The Labute approximate surface area is 104 Å². The first-order valence-corrected chi connectivity index (χ1v) is 6.76. The van der Waals surface area contributed by atoms with Crippen LogP contribution in [0.15, 0.2) is 0 Å². The van der Waals surface area contributed by atoms with Crippen LogP contribution in [0, 0.1) is 5.92 Å². The highest BCUT2D eigenvalue weighted by Gasteiger charge is 2.29. The number of likely N-dealkylation sites (tertiary alicyclic amines) is 1. The van der Waals surface area contributed by atoms with Gasteiger partial charge in [0.2, 0.25) is 0 Å². The second-order valence-corrected chi connectivity index (χ2v) is 5.48. The van der Waals surface area contributed by atoms with E-state index in [2.05, 4.69) is 11.8 Å². The number of hydrogen-bond donors (Lipinski definition) is 0. The molecular formula is C13H24N2O2. The van der Waals surface area contributed by atoms with Gasteiger partial charge in [-0.1, -0.05) is 6.92 Å². The molecule has 2 aliphatic heterocycles. The maximum absolute atomic E-state index is 12.3. The molecule has 4 heteroatoms. The summed E-state index contributed by atoms with van der Waals surface area (Å²) < 4.78 is 5.60. The van der Waals surface area contributed by atoms with Crippen LogP contribution in [-0.4, -0.2) is 61.6 Å². The van der Waals surface area contributed by atoms with Gasteiger partial charge in [0.05, 0.1) is 6.61 Å². The van der Waals surface area contributed by atoms with Gasteiger partial charge in [-0.25, -0.2) is 0 Å². The van der Waals surface area contributed by atoms with Gasteiger partial charge in [-0.2, -0.15) is 0 Å². The lowest BCUT2D eigenvalue weighted by atomic mass is 10.0. The molecule has 0 saturated carbocycles. The van der Waals surface area contributed by atoms with Crippen LogP contribution in [0.1, 0.15) is 26.2 Å². The van der Waals surface area contributed by atoms with E-state index >= 15 is 0 Å². The maximum Gasteiger partial charge on any atom is 0.253 e. The highest BCUT2D eigenvalue weighted by atomic mass is 16.5. The van der Waals surface area contributed by atoms with E-state index in [9.17, 15) is 4.79 Å². The molecule has 0 aromatic rings. The molecule has 0 spiro atoms. The summed E-state index contributed by atoms with van der Waals surface area (Å²) in [4.78, 5) is 16.5. The summed E-state index contributed by atoms with van der Waals surface area (Å²) in [5.74, 6) is 0.952. The van der Waals surface area contributed by atoms with E-state index in [1.165, 1.54) is 6.42 Å². The first-order chi connectivity index (χ1) is 8.16. The van der Waals surface area contributed by atoms with Crippen LogP contribution in [0.25, 0.3) is 0 Å². The first-order valence-electron chi connectivity index (χ1n) is 6.76. The van der Waals surface area contributed by atoms with Gasteiger partial charge in [0, 0.05) is 26.2 Å². The van der Waals surface area contributed by atoms with Crippen molar-refractivity contribution in [3.63, 3.8) is 0 Å². The standard InChI is InChI=1S/C13H24N2O2/c1-11-4-3-6-15(7-5-11)13(16)12-10-14(2)8-9-17-12/h11-12H,3-10H2,1-2H3. The number of amides is 1. The van der Waals surface area contributed by atoms with Crippen molar-refractivity contribution in [2.24, 2.45) is 5.92 Å². The van der Waals surface area contributed by atoms with E-state index in [-0.39, 0.29) is 12.0 Å². The number of carbonyl (C=O) groups excluding carboxylic acids is 1. The zero-order valence-electron chi connectivity index (χ0n) is 11.0. The molecule has 2 aliphatic rings. The van der Waals surface area contributed by atoms with Gasteiger partial charge in [-0.15, -0.1) is 0 Å². The normalized spacial score (nSPS) is 32.2. The van der Waals surface area contributed by atoms with Crippen molar-refractivity contribution in [2.75, 3.05) is 39.8 Å². The molecule has 98 valence electrons. The molecule has 4 nitrogen and oxygen atoms in total. The second kappa shape index (κ2) is 5.83. The number of carbonyl (C=O) groups is 1. The molecule has 0 aromatic carbocycles. The van der Waals surface area contributed by atoms with E-state index < -0.39 is 0 Å². The zero-order valence-corrected chi connectivity index (χ0v) is 11.0.